The van der Waals surface area contributed by atoms with E-state index in [9.17, 15) is 4.79 Å². The Kier molecular flexibility index (Phi) is 5.75. The molecule has 4 rings (SSSR count). The number of aromatic nitrogens is 1. The summed E-state index contributed by atoms with van der Waals surface area (Å²) in [6, 6.07) is 20.1. The molecule has 0 saturated carbocycles. The molecular formula is C24H25N3O2. The predicted octanol–water partition coefficient (Wildman–Crippen LogP) is 4.15. The van der Waals surface area contributed by atoms with Gasteiger partial charge in [-0.2, -0.15) is 0 Å². The first kappa shape index (κ1) is 19.0. The number of amides is 1. The Labute approximate surface area is 171 Å². The van der Waals surface area contributed by atoms with Crippen LogP contribution >= 0.6 is 0 Å². The lowest BCUT2D eigenvalue weighted by Gasteiger charge is -2.30. The molecule has 1 aromatic heterocycles. The number of fused-ring (bicyclic) bond motifs is 1. The molecule has 2 aromatic carbocycles. The summed E-state index contributed by atoms with van der Waals surface area (Å²) < 4.78 is 5.16. The van der Waals surface area contributed by atoms with Gasteiger partial charge in [0.2, 0.25) is 0 Å². The molecule has 0 saturated heterocycles. The molecule has 2 heterocycles. The van der Waals surface area contributed by atoms with Crippen LogP contribution in [0.3, 0.4) is 0 Å². The number of ether oxygens (including phenoxy) is 1. The third-order valence-corrected chi connectivity index (χ3v) is 5.26. The van der Waals surface area contributed by atoms with E-state index in [1.807, 2.05) is 36.4 Å². The van der Waals surface area contributed by atoms with E-state index in [0.717, 1.165) is 42.9 Å². The van der Waals surface area contributed by atoms with Gasteiger partial charge in [-0.1, -0.05) is 30.3 Å². The Bertz CT molecular complexity index is 968. The first-order valence-electron chi connectivity index (χ1n) is 9.97. The third-order valence-electron chi connectivity index (χ3n) is 5.26. The molecule has 5 nitrogen and oxygen atoms in total. The fraction of sp³-hybridized carbons (Fsp3) is 0.250. The van der Waals surface area contributed by atoms with E-state index in [1.54, 1.807) is 13.3 Å². The molecule has 0 bridgehead atoms. The summed E-state index contributed by atoms with van der Waals surface area (Å²) in [4.78, 5) is 19.2. The summed E-state index contributed by atoms with van der Waals surface area (Å²) >= 11 is 0. The van der Waals surface area contributed by atoms with Gasteiger partial charge in [0, 0.05) is 25.0 Å². The first-order chi connectivity index (χ1) is 14.2. The van der Waals surface area contributed by atoms with Gasteiger partial charge in [0.25, 0.3) is 5.91 Å². The number of nitrogens with one attached hydrogen (secondary N) is 1. The van der Waals surface area contributed by atoms with Gasteiger partial charge in [0.05, 0.1) is 12.7 Å². The summed E-state index contributed by atoms with van der Waals surface area (Å²) in [6.45, 7) is 1.52. The van der Waals surface area contributed by atoms with E-state index in [4.69, 9.17) is 4.74 Å². The molecular weight excluding hydrogens is 362 g/mol. The van der Waals surface area contributed by atoms with Gasteiger partial charge in [0.15, 0.2) is 0 Å². The van der Waals surface area contributed by atoms with E-state index in [1.165, 1.54) is 11.3 Å². The number of anilines is 2. The summed E-state index contributed by atoms with van der Waals surface area (Å²) in [5.41, 5.74) is 4.29. The fourth-order valence-corrected chi connectivity index (χ4v) is 3.67. The number of benzene rings is 2. The van der Waals surface area contributed by atoms with E-state index in [2.05, 4.69) is 39.5 Å². The van der Waals surface area contributed by atoms with Gasteiger partial charge in [-0.25, -0.2) is 4.98 Å². The van der Waals surface area contributed by atoms with Crippen molar-refractivity contribution in [2.24, 2.45) is 0 Å². The van der Waals surface area contributed by atoms with Crippen LogP contribution in [0.4, 0.5) is 11.5 Å². The van der Waals surface area contributed by atoms with Crippen LogP contribution in [0.25, 0.3) is 0 Å². The highest BCUT2D eigenvalue weighted by molar-refractivity contribution is 5.94. The van der Waals surface area contributed by atoms with E-state index >= 15 is 0 Å². The highest BCUT2D eigenvalue weighted by atomic mass is 16.5. The maximum absolute atomic E-state index is 12.4. The van der Waals surface area contributed by atoms with Gasteiger partial charge >= 0.3 is 0 Å². The van der Waals surface area contributed by atoms with Gasteiger partial charge in [-0.05, 0) is 60.7 Å². The zero-order valence-electron chi connectivity index (χ0n) is 16.6. The second-order valence-corrected chi connectivity index (χ2v) is 7.14. The predicted molar refractivity (Wildman–Crippen MR) is 115 cm³/mol. The first-order valence-corrected chi connectivity index (χ1v) is 9.97. The third kappa shape index (κ3) is 4.40. The highest BCUT2D eigenvalue weighted by Gasteiger charge is 2.18. The number of para-hydroxylation sites is 1. The lowest BCUT2D eigenvalue weighted by Crippen LogP contribution is -2.27. The maximum atomic E-state index is 12.4. The van der Waals surface area contributed by atoms with Crippen LogP contribution in [0.2, 0.25) is 0 Å². The minimum Gasteiger partial charge on any atom is -0.497 e. The average molecular weight is 387 g/mol. The number of aryl methyl sites for hydroxylation is 1. The van der Waals surface area contributed by atoms with Crippen LogP contribution in [0, 0.1) is 0 Å². The van der Waals surface area contributed by atoms with Crippen LogP contribution in [0.15, 0.2) is 66.9 Å². The summed E-state index contributed by atoms with van der Waals surface area (Å²) in [7, 11) is 1.65. The number of carbonyl (C=O) groups excluding carboxylic acids is 1. The molecule has 0 fully saturated rings. The average Bonchev–Trinajstić information content (AvgIpc) is 2.79. The molecule has 5 heteroatoms. The molecule has 29 heavy (non-hydrogen) atoms. The zero-order valence-corrected chi connectivity index (χ0v) is 16.6. The van der Waals surface area contributed by atoms with Crippen molar-refractivity contribution in [1.29, 1.82) is 0 Å². The van der Waals surface area contributed by atoms with Crippen LogP contribution < -0.4 is 15.0 Å². The number of methoxy groups -OCH3 is 1. The molecule has 148 valence electrons. The van der Waals surface area contributed by atoms with Gasteiger partial charge in [-0.15, -0.1) is 0 Å². The molecule has 1 N–H and O–H groups in total. The Morgan fingerprint density at radius 2 is 1.93 bits per heavy atom. The lowest BCUT2D eigenvalue weighted by molar-refractivity contribution is 0.0954. The SMILES string of the molecule is COc1ccc(CCNC(=O)c2ccc(N3CCCc4ccccc43)nc2)cc1. The summed E-state index contributed by atoms with van der Waals surface area (Å²) in [6.07, 6.45) is 4.63. The van der Waals surface area contributed by atoms with Crippen molar-refractivity contribution in [2.75, 3.05) is 25.1 Å². The van der Waals surface area contributed by atoms with Crippen molar-refractivity contribution in [1.82, 2.24) is 10.3 Å². The van der Waals surface area contributed by atoms with Crippen molar-refractivity contribution in [3.05, 3.63) is 83.6 Å². The van der Waals surface area contributed by atoms with E-state index < -0.39 is 0 Å². The minimum atomic E-state index is -0.100. The Morgan fingerprint density at radius 1 is 1.10 bits per heavy atom. The van der Waals surface area contributed by atoms with Crippen LogP contribution in [0.5, 0.6) is 5.75 Å². The second kappa shape index (κ2) is 8.78. The van der Waals surface area contributed by atoms with Gasteiger partial charge in [-0.3, -0.25) is 4.79 Å². The monoisotopic (exact) mass is 387 g/mol. The van der Waals surface area contributed by atoms with Crippen LogP contribution in [-0.2, 0) is 12.8 Å². The van der Waals surface area contributed by atoms with Crippen molar-refractivity contribution >= 4 is 17.4 Å². The molecule has 0 aliphatic carbocycles. The van der Waals surface area contributed by atoms with Crippen molar-refractivity contribution in [2.45, 2.75) is 19.3 Å². The number of hydrogen-bond acceptors (Lipinski definition) is 4. The van der Waals surface area contributed by atoms with Crippen molar-refractivity contribution in [3.63, 3.8) is 0 Å². The Hall–Kier alpha value is -3.34. The highest BCUT2D eigenvalue weighted by Crippen LogP contribution is 2.32. The molecule has 0 spiro atoms. The maximum Gasteiger partial charge on any atom is 0.252 e. The normalized spacial score (nSPS) is 12.9. The number of nitrogens with zero attached hydrogens (tertiary/aromatic N) is 2. The lowest BCUT2D eigenvalue weighted by atomic mass is 10.0. The molecule has 0 radical (unpaired) electrons. The number of carbonyl (C=O) groups is 1. The molecule has 0 unspecified atom stereocenters. The van der Waals surface area contributed by atoms with Gasteiger partial charge < -0.3 is 15.0 Å². The van der Waals surface area contributed by atoms with Gasteiger partial charge in [0.1, 0.15) is 11.6 Å². The summed E-state index contributed by atoms with van der Waals surface area (Å²) in [5, 5.41) is 2.97. The summed E-state index contributed by atoms with van der Waals surface area (Å²) in [5.74, 6) is 1.61. The van der Waals surface area contributed by atoms with Crippen LogP contribution in [0.1, 0.15) is 27.9 Å². The molecule has 1 aliphatic heterocycles. The number of rotatable bonds is 6. The topological polar surface area (TPSA) is 54.5 Å². The molecule has 0 atom stereocenters. The Balaban J connectivity index is 1.36. The molecule has 3 aromatic rings. The molecule has 1 amide bonds. The van der Waals surface area contributed by atoms with Crippen molar-refractivity contribution < 1.29 is 9.53 Å². The number of pyridine rings is 1. The largest absolute Gasteiger partial charge is 0.497 e. The second-order valence-electron chi connectivity index (χ2n) is 7.14. The molecule has 1 aliphatic rings. The fourth-order valence-electron chi connectivity index (χ4n) is 3.67. The van der Waals surface area contributed by atoms with E-state index in [0.29, 0.717) is 12.1 Å². The Morgan fingerprint density at radius 3 is 2.69 bits per heavy atom. The zero-order chi connectivity index (χ0) is 20.1. The quantitative estimate of drug-likeness (QED) is 0.690. The number of hydrogen-bond donors (Lipinski definition) is 1. The van der Waals surface area contributed by atoms with Crippen molar-refractivity contribution in [3.8, 4) is 5.75 Å². The standard InChI is InChI=1S/C24H25N3O2/c1-29-21-11-8-18(9-12-21)14-15-25-24(28)20-10-13-23(26-17-20)27-16-4-6-19-5-2-3-7-22(19)27/h2-3,5,7-13,17H,4,6,14-16H2,1H3,(H,25,28). The minimum absolute atomic E-state index is 0.100. The smallest absolute Gasteiger partial charge is 0.252 e. The van der Waals surface area contributed by atoms with E-state index in [-0.39, 0.29) is 5.91 Å². The van der Waals surface area contributed by atoms with Crippen LogP contribution in [-0.4, -0.2) is 31.1 Å².